The highest BCUT2D eigenvalue weighted by Gasteiger charge is 2.18. The third kappa shape index (κ3) is 5.45. The molecule has 0 heterocycles. The van der Waals surface area contributed by atoms with Gasteiger partial charge in [0, 0.05) is 12.5 Å². The van der Waals surface area contributed by atoms with E-state index >= 15 is 0 Å². The minimum Gasteiger partial charge on any atom is -0.482 e. The fourth-order valence-electron chi connectivity index (χ4n) is 1.56. The maximum atomic E-state index is 12.1. The molecule has 0 spiro atoms. The van der Waals surface area contributed by atoms with Crippen LogP contribution in [0.15, 0.2) is 29.2 Å². The summed E-state index contributed by atoms with van der Waals surface area (Å²) >= 11 is 0. The molecule has 0 aromatic heterocycles. The fraction of sp³-hybridized carbons (Fsp3) is 0.357. The van der Waals surface area contributed by atoms with Crippen molar-refractivity contribution in [3.8, 4) is 18.1 Å². The summed E-state index contributed by atoms with van der Waals surface area (Å²) in [6.45, 7) is 1.36. The van der Waals surface area contributed by atoms with Crippen molar-refractivity contribution in [3.63, 3.8) is 0 Å². The summed E-state index contributed by atoms with van der Waals surface area (Å²) in [5, 5.41) is 8.49. The van der Waals surface area contributed by atoms with Crippen LogP contribution in [0.5, 0.6) is 5.75 Å². The van der Waals surface area contributed by atoms with Gasteiger partial charge in [0.15, 0.2) is 6.61 Å². The van der Waals surface area contributed by atoms with E-state index in [1.807, 2.05) is 6.92 Å². The molecular formula is C14H17NO5S. The number of ether oxygens (including phenoxy) is 1. The number of nitrogens with one attached hydrogen (secondary N) is 1. The van der Waals surface area contributed by atoms with Gasteiger partial charge in [-0.25, -0.2) is 17.9 Å². The Morgan fingerprint density at radius 1 is 1.43 bits per heavy atom. The molecule has 0 aliphatic heterocycles. The molecule has 0 saturated heterocycles. The van der Waals surface area contributed by atoms with E-state index in [2.05, 4.69) is 10.6 Å². The van der Waals surface area contributed by atoms with Crippen LogP contribution in [0.1, 0.15) is 19.8 Å². The van der Waals surface area contributed by atoms with E-state index in [-0.39, 0.29) is 16.7 Å². The van der Waals surface area contributed by atoms with Crippen molar-refractivity contribution in [3.05, 3.63) is 24.3 Å². The Kier molecular flexibility index (Phi) is 6.21. The number of carboxylic acids is 1. The van der Waals surface area contributed by atoms with Gasteiger partial charge in [-0.15, -0.1) is 12.3 Å². The summed E-state index contributed by atoms with van der Waals surface area (Å²) in [5.41, 5.74) is 0. The van der Waals surface area contributed by atoms with Gasteiger partial charge in [0.05, 0.1) is 4.90 Å². The van der Waals surface area contributed by atoms with Gasteiger partial charge in [0.1, 0.15) is 5.75 Å². The Morgan fingerprint density at radius 2 is 2.05 bits per heavy atom. The molecule has 114 valence electrons. The summed E-state index contributed by atoms with van der Waals surface area (Å²) in [5.74, 6) is 1.61. The van der Waals surface area contributed by atoms with Crippen LogP contribution in [0.4, 0.5) is 0 Å². The average molecular weight is 311 g/mol. The highest BCUT2D eigenvalue weighted by molar-refractivity contribution is 7.89. The Bertz CT molecular complexity index is 616. The zero-order chi connectivity index (χ0) is 15.9. The number of rotatable bonds is 8. The summed E-state index contributed by atoms with van der Waals surface area (Å²) in [7, 11) is -3.66. The summed E-state index contributed by atoms with van der Waals surface area (Å²) in [6, 6.07) is 5.19. The predicted molar refractivity (Wildman–Crippen MR) is 77.4 cm³/mol. The number of benzene rings is 1. The van der Waals surface area contributed by atoms with Crippen LogP contribution >= 0.6 is 0 Å². The second kappa shape index (κ2) is 7.67. The SMILES string of the molecule is C#CCC(CC)NS(=O)(=O)c1ccc(OCC(=O)O)cc1. The lowest BCUT2D eigenvalue weighted by molar-refractivity contribution is -0.139. The standard InChI is InChI=1S/C14H17NO5S/c1-3-5-11(4-2)15-21(18,19)13-8-6-12(7-9-13)20-10-14(16)17/h1,6-9,11,15H,4-5,10H2,2H3,(H,16,17). The molecule has 1 aromatic rings. The smallest absolute Gasteiger partial charge is 0.341 e. The molecule has 2 N–H and O–H groups in total. The monoisotopic (exact) mass is 311 g/mol. The molecule has 0 amide bonds. The number of carbonyl (C=O) groups is 1. The van der Waals surface area contributed by atoms with Gasteiger partial charge >= 0.3 is 5.97 Å². The first kappa shape index (κ1) is 17.0. The number of carboxylic acid groups (broad SMARTS) is 1. The van der Waals surface area contributed by atoms with Crippen molar-refractivity contribution in [2.24, 2.45) is 0 Å². The minimum atomic E-state index is -3.66. The second-order valence-corrected chi connectivity index (χ2v) is 6.00. The predicted octanol–water partition coefficient (Wildman–Crippen LogP) is 1.23. The van der Waals surface area contributed by atoms with Crippen molar-refractivity contribution in [2.45, 2.75) is 30.7 Å². The lowest BCUT2D eigenvalue weighted by Crippen LogP contribution is -2.34. The van der Waals surface area contributed by atoms with E-state index in [1.165, 1.54) is 24.3 Å². The van der Waals surface area contributed by atoms with Crippen molar-refractivity contribution >= 4 is 16.0 Å². The molecular weight excluding hydrogens is 294 g/mol. The Balaban J connectivity index is 2.80. The number of aliphatic carboxylic acids is 1. The molecule has 7 heteroatoms. The molecule has 0 bridgehead atoms. The molecule has 0 saturated carbocycles. The van der Waals surface area contributed by atoms with Crippen LogP contribution < -0.4 is 9.46 Å². The molecule has 0 radical (unpaired) electrons. The maximum Gasteiger partial charge on any atom is 0.341 e. The van der Waals surface area contributed by atoms with Gasteiger partial charge in [-0.05, 0) is 30.7 Å². The van der Waals surface area contributed by atoms with Crippen LogP contribution in [0.25, 0.3) is 0 Å². The van der Waals surface area contributed by atoms with Crippen molar-refractivity contribution in [1.29, 1.82) is 0 Å². The number of hydrogen-bond donors (Lipinski definition) is 2. The van der Waals surface area contributed by atoms with E-state index in [9.17, 15) is 13.2 Å². The first-order chi connectivity index (χ1) is 9.89. The fourth-order valence-corrected chi connectivity index (χ4v) is 2.88. The first-order valence-electron chi connectivity index (χ1n) is 6.29. The maximum absolute atomic E-state index is 12.1. The summed E-state index contributed by atoms with van der Waals surface area (Å²) in [4.78, 5) is 10.4. The Labute approximate surface area is 124 Å². The van der Waals surface area contributed by atoms with Crippen molar-refractivity contribution < 1.29 is 23.1 Å². The van der Waals surface area contributed by atoms with Crippen LogP contribution in [0, 0.1) is 12.3 Å². The minimum absolute atomic E-state index is 0.0700. The molecule has 1 unspecified atom stereocenters. The molecule has 1 aromatic carbocycles. The van der Waals surface area contributed by atoms with Crippen LogP contribution in [0.3, 0.4) is 0 Å². The third-order valence-corrected chi connectivity index (χ3v) is 4.21. The molecule has 1 atom stereocenters. The van der Waals surface area contributed by atoms with E-state index in [4.69, 9.17) is 16.3 Å². The zero-order valence-corrected chi connectivity index (χ0v) is 12.4. The number of terminal acetylenes is 1. The molecule has 0 aliphatic carbocycles. The second-order valence-electron chi connectivity index (χ2n) is 4.29. The Hall–Kier alpha value is -2.04. The summed E-state index contributed by atoms with van der Waals surface area (Å²) < 4.78 is 31.7. The topological polar surface area (TPSA) is 92.7 Å². The van der Waals surface area contributed by atoms with E-state index in [0.29, 0.717) is 12.8 Å². The average Bonchev–Trinajstić information content (AvgIpc) is 2.45. The quantitative estimate of drug-likeness (QED) is 0.704. The molecule has 21 heavy (non-hydrogen) atoms. The lowest BCUT2D eigenvalue weighted by Gasteiger charge is -2.14. The van der Waals surface area contributed by atoms with Gasteiger partial charge in [-0.1, -0.05) is 6.92 Å². The van der Waals surface area contributed by atoms with Crippen LogP contribution in [0.2, 0.25) is 0 Å². The van der Waals surface area contributed by atoms with Gasteiger partial charge in [0.2, 0.25) is 10.0 Å². The van der Waals surface area contributed by atoms with E-state index in [1.54, 1.807) is 0 Å². The lowest BCUT2D eigenvalue weighted by atomic mass is 10.2. The normalized spacial score (nSPS) is 12.4. The molecule has 1 rings (SSSR count). The zero-order valence-electron chi connectivity index (χ0n) is 11.6. The van der Waals surface area contributed by atoms with Crippen LogP contribution in [-0.2, 0) is 14.8 Å². The van der Waals surface area contributed by atoms with Crippen molar-refractivity contribution in [1.82, 2.24) is 4.72 Å². The number of hydrogen-bond acceptors (Lipinski definition) is 4. The van der Waals surface area contributed by atoms with Gasteiger partial charge in [0.25, 0.3) is 0 Å². The Morgan fingerprint density at radius 3 is 2.52 bits per heavy atom. The molecule has 0 fully saturated rings. The highest BCUT2D eigenvalue weighted by atomic mass is 32.2. The van der Waals surface area contributed by atoms with Gasteiger partial charge < -0.3 is 9.84 Å². The van der Waals surface area contributed by atoms with E-state index in [0.717, 1.165) is 0 Å². The van der Waals surface area contributed by atoms with E-state index < -0.39 is 22.6 Å². The summed E-state index contributed by atoms with van der Waals surface area (Å²) in [6.07, 6.45) is 6.09. The van der Waals surface area contributed by atoms with Crippen molar-refractivity contribution in [2.75, 3.05) is 6.61 Å². The highest BCUT2D eigenvalue weighted by Crippen LogP contribution is 2.16. The number of sulfonamides is 1. The molecule has 0 aliphatic rings. The first-order valence-corrected chi connectivity index (χ1v) is 7.77. The van der Waals surface area contributed by atoms with Gasteiger partial charge in [-0.2, -0.15) is 0 Å². The van der Waals surface area contributed by atoms with Crippen LogP contribution in [-0.4, -0.2) is 32.1 Å². The largest absolute Gasteiger partial charge is 0.482 e. The molecule has 6 nitrogen and oxygen atoms in total. The van der Waals surface area contributed by atoms with Gasteiger partial charge in [-0.3, -0.25) is 0 Å². The third-order valence-electron chi connectivity index (χ3n) is 2.68.